The summed E-state index contributed by atoms with van der Waals surface area (Å²) in [6.45, 7) is 1.58. The molecule has 0 bridgehead atoms. The molecule has 0 radical (unpaired) electrons. The Bertz CT molecular complexity index is 945. The molecule has 146 valence electrons. The summed E-state index contributed by atoms with van der Waals surface area (Å²) in [4.78, 5) is 23.9. The van der Waals surface area contributed by atoms with Gasteiger partial charge in [0.2, 0.25) is 0 Å². The van der Waals surface area contributed by atoms with Crippen molar-refractivity contribution in [1.29, 1.82) is 0 Å². The smallest absolute Gasteiger partial charge is 0.348 e. The van der Waals surface area contributed by atoms with Crippen molar-refractivity contribution in [2.24, 2.45) is 0 Å². The van der Waals surface area contributed by atoms with Crippen molar-refractivity contribution in [3.05, 3.63) is 76.0 Å². The fraction of sp³-hybridized carbons (Fsp3) is 0.167. The lowest BCUT2D eigenvalue weighted by atomic mass is 10.1. The van der Waals surface area contributed by atoms with Gasteiger partial charge >= 0.3 is 6.18 Å². The van der Waals surface area contributed by atoms with Crippen LogP contribution >= 0.6 is 0 Å². The van der Waals surface area contributed by atoms with Gasteiger partial charge < -0.3 is 10.6 Å². The molecule has 1 unspecified atom stereocenters. The minimum Gasteiger partial charge on any atom is -0.348 e. The molecule has 0 fully saturated rings. The van der Waals surface area contributed by atoms with Crippen molar-refractivity contribution < 1.29 is 22.9 Å². The summed E-state index contributed by atoms with van der Waals surface area (Å²) in [5.74, 6) is -0.852. The number of hydrogen-bond donors (Lipinski definition) is 2. The third kappa shape index (κ3) is 3.90. The Hall–Kier alpha value is -3.56. The van der Waals surface area contributed by atoms with Crippen LogP contribution in [0.4, 0.5) is 30.2 Å². The monoisotopic (exact) mass is 392 g/mol. The molecule has 1 atom stereocenters. The molecule has 0 saturated carbocycles. The molecule has 2 aromatic rings. The van der Waals surface area contributed by atoms with E-state index in [9.17, 15) is 28.1 Å². The number of benzene rings is 2. The van der Waals surface area contributed by atoms with E-state index in [0.29, 0.717) is 23.0 Å². The number of amides is 1. The van der Waals surface area contributed by atoms with Crippen molar-refractivity contribution in [3.8, 4) is 0 Å². The fourth-order valence-corrected chi connectivity index (χ4v) is 2.77. The largest absolute Gasteiger partial charge is 0.431 e. The predicted octanol–water partition coefficient (Wildman–Crippen LogP) is 3.68. The third-order valence-corrected chi connectivity index (χ3v) is 4.11. The predicted molar refractivity (Wildman–Crippen MR) is 96.4 cm³/mol. The van der Waals surface area contributed by atoms with Crippen LogP contribution in [-0.2, 0) is 4.79 Å². The van der Waals surface area contributed by atoms with E-state index in [2.05, 4.69) is 10.6 Å². The number of aryl methyl sites for hydroxylation is 1. The normalized spacial score (nSPS) is 17.0. The Kier molecular flexibility index (Phi) is 4.95. The van der Waals surface area contributed by atoms with E-state index in [1.165, 1.54) is 18.2 Å². The number of allylic oxidation sites excluding steroid dienone is 1. The molecular formula is C18H15F3N4O3. The first-order valence-corrected chi connectivity index (χ1v) is 8.12. The Labute approximate surface area is 157 Å². The summed E-state index contributed by atoms with van der Waals surface area (Å²) in [5, 5.41) is 16.0. The number of carbonyl (C=O) groups excluding carboxylic acids is 1. The molecule has 7 nitrogen and oxygen atoms in total. The number of anilines is 2. The van der Waals surface area contributed by atoms with Crippen molar-refractivity contribution in [3.63, 3.8) is 0 Å². The van der Waals surface area contributed by atoms with Crippen LogP contribution in [0.3, 0.4) is 0 Å². The Balaban J connectivity index is 1.98. The molecule has 2 aromatic carbocycles. The summed E-state index contributed by atoms with van der Waals surface area (Å²) in [7, 11) is 0. The van der Waals surface area contributed by atoms with Gasteiger partial charge in [0.25, 0.3) is 11.6 Å². The first-order valence-electron chi connectivity index (χ1n) is 8.12. The quantitative estimate of drug-likeness (QED) is 0.612. The van der Waals surface area contributed by atoms with Crippen LogP contribution in [-0.4, -0.2) is 23.3 Å². The first-order chi connectivity index (χ1) is 13.2. The number of hydrogen-bond acceptors (Lipinski definition) is 5. The van der Waals surface area contributed by atoms with Crippen molar-refractivity contribution in [1.82, 2.24) is 5.32 Å². The zero-order valence-electron chi connectivity index (χ0n) is 14.5. The first kappa shape index (κ1) is 19.2. The second kappa shape index (κ2) is 7.22. The lowest BCUT2D eigenvalue weighted by molar-refractivity contribution is -0.384. The number of halogens is 3. The molecule has 0 aliphatic carbocycles. The molecule has 10 heteroatoms. The zero-order valence-corrected chi connectivity index (χ0v) is 14.5. The van der Waals surface area contributed by atoms with E-state index in [0.717, 1.165) is 4.90 Å². The van der Waals surface area contributed by atoms with Gasteiger partial charge in [-0.25, -0.2) is 0 Å². The van der Waals surface area contributed by atoms with Crippen LogP contribution in [0.1, 0.15) is 5.56 Å². The minimum absolute atomic E-state index is 0.147. The summed E-state index contributed by atoms with van der Waals surface area (Å²) in [6, 6.07) is 12.1. The highest BCUT2D eigenvalue weighted by molar-refractivity contribution is 6.03. The number of para-hydroxylation sites is 1. The van der Waals surface area contributed by atoms with E-state index in [1.54, 1.807) is 37.3 Å². The van der Waals surface area contributed by atoms with Gasteiger partial charge in [0.15, 0.2) is 6.29 Å². The molecule has 0 spiro atoms. The average molecular weight is 392 g/mol. The number of non-ortho nitro benzene ring substituents is 1. The van der Waals surface area contributed by atoms with Crippen LogP contribution in [0.5, 0.6) is 0 Å². The van der Waals surface area contributed by atoms with Gasteiger partial charge in [0.05, 0.1) is 4.92 Å². The van der Waals surface area contributed by atoms with Crippen LogP contribution < -0.4 is 15.5 Å². The van der Waals surface area contributed by atoms with E-state index in [1.807, 2.05) is 0 Å². The Morgan fingerprint density at radius 3 is 2.43 bits per heavy atom. The van der Waals surface area contributed by atoms with Crippen molar-refractivity contribution >= 4 is 23.0 Å². The zero-order chi connectivity index (χ0) is 20.5. The number of rotatable bonds is 4. The average Bonchev–Trinajstić information content (AvgIpc) is 2.63. The Morgan fingerprint density at radius 1 is 1.18 bits per heavy atom. The summed E-state index contributed by atoms with van der Waals surface area (Å²) >= 11 is 0. The maximum Gasteiger partial charge on any atom is 0.431 e. The second-order valence-corrected chi connectivity index (χ2v) is 6.05. The van der Waals surface area contributed by atoms with Gasteiger partial charge in [0.1, 0.15) is 5.70 Å². The maximum atomic E-state index is 13.2. The fourth-order valence-electron chi connectivity index (χ4n) is 2.77. The van der Waals surface area contributed by atoms with Gasteiger partial charge in [0, 0.05) is 29.6 Å². The van der Waals surface area contributed by atoms with Gasteiger partial charge in [-0.2, -0.15) is 13.2 Å². The van der Waals surface area contributed by atoms with Crippen molar-refractivity contribution in [2.45, 2.75) is 19.4 Å². The SMILES string of the molecule is Cc1cc([N+](=O)[O-])ccc1NC1NC(C(F)(F)F)=CC(=O)N1c1ccccc1. The molecular weight excluding hydrogens is 377 g/mol. The highest BCUT2D eigenvalue weighted by Crippen LogP contribution is 2.30. The minimum atomic E-state index is -4.73. The number of nitro benzene ring substituents is 1. The van der Waals surface area contributed by atoms with E-state index in [4.69, 9.17) is 0 Å². The third-order valence-electron chi connectivity index (χ3n) is 4.11. The summed E-state index contributed by atoms with van der Waals surface area (Å²) < 4.78 is 39.5. The number of nitro groups is 1. The molecule has 3 rings (SSSR count). The molecule has 1 heterocycles. The van der Waals surface area contributed by atoms with Crippen LogP contribution in [0.15, 0.2) is 60.3 Å². The van der Waals surface area contributed by atoms with Gasteiger partial charge in [-0.3, -0.25) is 19.8 Å². The molecule has 0 saturated heterocycles. The number of nitrogens with zero attached hydrogens (tertiary/aromatic N) is 2. The molecule has 2 N–H and O–H groups in total. The molecule has 28 heavy (non-hydrogen) atoms. The van der Waals surface area contributed by atoms with Crippen LogP contribution in [0, 0.1) is 17.0 Å². The van der Waals surface area contributed by atoms with Crippen molar-refractivity contribution in [2.75, 3.05) is 10.2 Å². The van der Waals surface area contributed by atoms with Gasteiger partial charge in [-0.1, -0.05) is 18.2 Å². The molecule has 1 aliphatic rings. The van der Waals surface area contributed by atoms with Crippen LogP contribution in [0.2, 0.25) is 0 Å². The topological polar surface area (TPSA) is 87.5 Å². The maximum absolute atomic E-state index is 13.2. The number of nitrogens with one attached hydrogen (secondary N) is 2. The lowest BCUT2D eigenvalue weighted by Gasteiger charge is -2.37. The summed E-state index contributed by atoms with van der Waals surface area (Å²) in [6.07, 6.45) is -5.49. The standard InChI is InChI=1S/C18H15F3N4O3/c1-11-9-13(25(27)28)7-8-14(11)22-17-23-15(18(19,20)21)10-16(26)24(17)12-5-3-2-4-6-12/h2-10,17,22-23H,1H3. The molecule has 0 aromatic heterocycles. The highest BCUT2D eigenvalue weighted by Gasteiger charge is 2.41. The van der Waals surface area contributed by atoms with E-state index in [-0.39, 0.29) is 5.69 Å². The summed E-state index contributed by atoms with van der Waals surface area (Å²) in [5.41, 5.74) is -0.150. The van der Waals surface area contributed by atoms with Gasteiger partial charge in [-0.05, 0) is 30.7 Å². The molecule has 1 amide bonds. The number of alkyl halides is 3. The Morgan fingerprint density at radius 2 is 1.86 bits per heavy atom. The highest BCUT2D eigenvalue weighted by atomic mass is 19.4. The van der Waals surface area contributed by atoms with E-state index >= 15 is 0 Å². The lowest BCUT2D eigenvalue weighted by Crippen LogP contribution is -2.58. The second-order valence-electron chi connectivity index (χ2n) is 6.05. The number of carbonyl (C=O) groups is 1. The molecule has 1 aliphatic heterocycles. The van der Waals surface area contributed by atoms with Crippen LogP contribution in [0.25, 0.3) is 0 Å². The van der Waals surface area contributed by atoms with E-state index < -0.39 is 29.0 Å². The van der Waals surface area contributed by atoms with Gasteiger partial charge in [-0.15, -0.1) is 0 Å².